The highest BCUT2D eigenvalue weighted by atomic mass is 15.2. The van der Waals surface area contributed by atoms with Gasteiger partial charge in [0, 0.05) is 25.6 Å². The minimum atomic E-state index is 0.769. The fourth-order valence-electron chi connectivity index (χ4n) is 2.84. The zero-order valence-corrected chi connectivity index (χ0v) is 9.08. The second-order valence-electron chi connectivity index (χ2n) is 4.64. The van der Waals surface area contributed by atoms with Gasteiger partial charge in [0.05, 0.1) is 0 Å². The van der Waals surface area contributed by atoms with Gasteiger partial charge in [0.1, 0.15) is 0 Å². The quantitative estimate of drug-likeness (QED) is 0.616. The summed E-state index contributed by atoms with van der Waals surface area (Å²) in [6, 6.07) is 0.769. The Kier molecular flexibility index (Phi) is 3.10. The van der Waals surface area contributed by atoms with Gasteiger partial charge in [0.15, 0.2) is 0 Å². The molecule has 3 heterocycles. The Hall–Kier alpha value is -0.520. The second-order valence-corrected chi connectivity index (χ2v) is 4.64. The topological polar surface area (TPSA) is 6.48 Å². The average molecular weight is 192 g/mol. The first-order valence-corrected chi connectivity index (χ1v) is 5.67. The van der Waals surface area contributed by atoms with Gasteiger partial charge in [-0.25, -0.2) is 0 Å². The van der Waals surface area contributed by atoms with Gasteiger partial charge in [-0.3, -0.25) is 0 Å². The van der Waals surface area contributed by atoms with Crippen molar-refractivity contribution < 1.29 is 0 Å². The van der Waals surface area contributed by atoms with E-state index in [1.807, 2.05) is 0 Å². The third kappa shape index (κ3) is 1.94. The monoisotopic (exact) mass is 192 g/mol. The molecule has 0 saturated carbocycles. The molecular formula is C12H20N2. The van der Waals surface area contributed by atoms with Crippen LogP contribution in [0.25, 0.3) is 0 Å². The first-order valence-electron chi connectivity index (χ1n) is 5.67. The molecule has 2 heteroatoms. The van der Waals surface area contributed by atoms with Crippen LogP contribution in [0.4, 0.5) is 0 Å². The van der Waals surface area contributed by atoms with Crippen LogP contribution in [-0.4, -0.2) is 49.1 Å². The predicted octanol–water partition coefficient (Wildman–Crippen LogP) is 1.04. The van der Waals surface area contributed by atoms with E-state index in [4.69, 9.17) is 6.42 Å². The Morgan fingerprint density at radius 1 is 1.43 bits per heavy atom. The van der Waals surface area contributed by atoms with Crippen molar-refractivity contribution in [2.24, 2.45) is 5.92 Å². The van der Waals surface area contributed by atoms with Crippen molar-refractivity contribution in [3.63, 3.8) is 0 Å². The van der Waals surface area contributed by atoms with Gasteiger partial charge in [0.25, 0.3) is 0 Å². The second kappa shape index (κ2) is 4.33. The molecule has 1 unspecified atom stereocenters. The fraction of sp³-hybridized carbons (Fsp3) is 0.833. The zero-order chi connectivity index (χ0) is 9.97. The molecule has 0 aromatic carbocycles. The molecule has 2 bridgehead atoms. The van der Waals surface area contributed by atoms with Crippen molar-refractivity contribution in [3.8, 4) is 12.3 Å². The molecule has 0 aromatic rings. The molecule has 0 amide bonds. The zero-order valence-electron chi connectivity index (χ0n) is 9.08. The van der Waals surface area contributed by atoms with Gasteiger partial charge in [-0.2, -0.15) is 0 Å². The van der Waals surface area contributed by atoms with Gasteiger partial charge >= 0.3 is 0 Å². The van der Waals surface area contributed by atoms with Crippen LogP contribution in [0.1, 0.15) is 19.3 Å². The summed E-state index contributed by atoms with van der Waals surface area (Å²) in [7, 11) is 2.23. The van der Waals surface area contributed by atoms with E-state index in [-0.39, 0.29) is 0 Å². The van der Waals surface area contributed by atoms with E-state index in [1.54, 1.807) is 0 Å². The van der Waals surface area contributed by atoms with Crippen LogP contribution in [0.3, 0.4) is 0 Å². The van der Waals surface area contributed by atoms with E-state index in [2.05, 4.69) is 22.8 Å². The largest absolute Gasteiger partial charge is 0.302 e. The molecule has 2 nitrogen and oxygen atoms in total. The van der Waals surface area contributed by atoms with E-state index in [0.717, 1.165) is 24.9 Å². The normalized spacial score (nSPS) is 35.9. The molecule has 0 aromatic heterocycles. The molecule has 78 valence electrons. The van der Waals surface area contributed by atoms with Crippen LogP contribution >= 0.6 is 0 Å². The number of rotatable bonds is 3. The van der Waals surface area contributed by atoms with E-state index >= 15 is 0 Å². The number of nitrogens with zero attached hydrogens (tertiary/aromatic N) is 2. The summed E-state index contributed by atoms with van der Waals surface area (Å²) in [5, 5.41) is 0. The SMILES string of the molecule is C#CCCN(C)C1CN2CCC1CC2. The van der Waals surface area contributed by atoms with Gasteiger partial charge in [-0.15, -0.1) is 12.3 Å². The van der Waals surface area contributed by atoms with Crippen LogP contribution in [0.2, 0.25) is 0 Å². The molecule has 3 rings (SSSR count). The first-order chi connectivity index (χ1) is 6.81. The highest BCUT2D eigenvalue weighted by Crippen LogP contribution is 2.30. The Morgan fingerprint density at radius 2 is 2.14 bits per heavy atom. The Morgan fingerprint density at radius 3 is 2.64 bits per heavy atom. The van der Waals surface area contributed by atoms with E-state index in [1.165, 1.54) is 32.5 Å². The van der Waals surface area contributed by atoms with Crippen molar-refractivity contribution in [3.05, 3.63) is 0 Å². The number of hydrogen-bond acceptors (Lipinski definition) is 2. The number of piperidine rings is 3. The van der Waals surface area contributed by atoms with Crippen molar-refractivity contribution in [2.75, 3.05) is 33.2 Å². The van der Waals surface area contributed by atoms with Gasteiger partial charge in [-0.05, 0) is 38.9 Å². The molecule has 0 aliphatic carbocycles. The highest BCUT2D eigenvalue weighted by Gasteiger charge is 2.35. The number of hydrogen-bond donors (Lipinski definition) is 0. The van der Waals surface area contributed by atoms with E-state index in [0.29, 0.717) is 0 Å². The van der Waals surface area contributed by atoms with Crippen LogP contribution < -0.4 is 0 Å². The van der Waals surface area contributed by atoms with E-state index < -0.39 is 0 Å². The Labute approximate surface area is 87.3 Å². The minimum Gasteiger partial charge on any atom is -0.302 e. The molecule has 3 aliphatic heterocycles. The van der Waals surface area contributed by atoms with Crippen molar-refractivity contribution >= 4 is 0 Å². The maximum absolute atomic E-state index is 5.30. The summed E-state index contributed by atoms with van der Waals surface area (Å²) in [5.74, 6) is 3.66. The molecule has 1 atom stereocenters. The molecule has 0 N–H and O–H groups in total. The lowest BCUT2D eigenvalue weighted by molar-refractivity contribution is 0.0177. The molecule has 0 spiro atoms. The van der Waals surface area contributed by atoms with Gasteiger partial charge in [-0.1, -0.05) is 0 Å². The molecule has 3 saturated heterocycles. The molecule has 3 fully saturated rings. The Balaban J connectivity index is 1.88. The third-order valence-corrected chi connectivity index (χ3v) is 3.80. The maximum atomic E-state index is 5.30. The number of fused-ring (bicyclic) bond motifs is 3. The first kappa shape index (κ1) is 10.0. The van der Waals surface area contributed by atoms with Gasteiger partial charge in [0.2, 0.25) is 0 Å². The summed E-state index contributed by atoms with van der Waals surface area (Å²) in [4.78, 5) is 5.06. The Bertz CT molecular complexity index is 223. The fourth-order valence-corrected chi connectivity index (χ4v) is 2.84. The summed E-state index contributed by atoms with van der Waals surface area (Å²) in [6.45, 7) is 4.98. The number of terminal acetylenes is 1. The van der Waals surface area contributed by atoms with E-state index in [9.17, 15) is 0 Å². The number of likely N-dealkylation sites (N-methyl/N-ethyl adjacent to an activating group) is 1. The molecular weight excluding hydrogens is 172 g/mol. The van der Waals surface area contributed by atoms with Gasteiger partial charge < -0.3 is 9.80 Å². The van der Waals surface area contributed by atoms with Crippen LogP contribution in [0.5, 0.6) is 0 Å². The third-order valence-electron chi connectivity index (χ3n) is 3.80. The smallest absolute Gasteiger partial charge is 0.0249 e. The average Bonchev–Trinajstić information content (AvgIpc) is 2.27. The van der Waals surface area contributed by atoms with Crippen LogP contribution in [0.15, 0.2) is 0 Å². The molecule has 14 heavy (non-hydrogen) atoms. The summed E-state index contributed by atoms with van der Waals surface area (Å²) in [6.07, 6.45) is 8.97. The summed E-state index contributed by atoms with van der Waals surface area (Å²) < 4.78 is 0. The lowest BCUT2D eigenvalue weighted by atomic mass is 9.83. The highest BCUT2D eigenvalue weighted by molar-refractivity contribution is 4.93. The predicted molar refractivity (Wildman–Crippen MR) is 59.0 cm³/mol. The summed E-state index contributed by atoms with van der Waals surface area (Å²) >= 11 is 0. The molecule has 3 aliphatic rings. The van der Waals surface area contributed by atoms with Crippen molar-refractivity contribution in [1.82, 2.24) is 9.80 Å². The van der Waals surface area contributed by atoms with Crippen LogP contribution in [-0.2, 0) is 0 Å². The lowest BCUT2D eigenvalue weighted by Crippen LogP contribution is -2.56. The standard InChI is InChI=1S/C12H20N2/c1-3-4-7-13(2)12-10-14-8-5-11(12)6-9-14/h1,11-12H,4-10H2,2H3. The van der Waals surface area contributed by atoms with Crippen molar-refractivity contribution in [2.45, 2.75) is 25.3 Å². The van der Waals surface area contributed by atoms with Crippen LogP contribution in [0, 0.1) is 18.3 Å². The van der Waals surface area contributed by atoms with Crippen molar-refractivity contribution in [1.29, 1.82) is 0 Å². The maximum Gasteiger partial charge on any atom is 0.0249 e. The summed E-state index contributed by atoms with van der Waals surface area (Å²) in [5.41, 5.74) is 0. The lowest BCUT2D eigenvalue weighted by Gasteiger charge is -2.48. The minimum absolute atomic E-state index is 0.769. The molecule has 0 radical (unpaired) electrons.